The van der Waals surface area contributed by atoms with E-state index in [-0.39, 0.29) is 12.3 Å². The lowest BCUT2D eigenvalue weighted by Gasteiger charge is -2.22. The number of ether oxygens (including phenoxy) is 1. The number of hydrogen-bond donors (Lipinski definition) is 1. The number of hydrogen-bond acceptors (Lipinski definition) is 5. The van der Waals surface area contributed by atoms with Crippen LogP contribution in [0.25, 0.3) is 22.3 Å². The van der Waals surface area contributed by atoms with E-state index in [1.165, 1.54) is 10.3 Å². The largest absolute Gasteiger partial charge is 0.388 e. The molecule has 1 aliphatic heterocycles. The number of halogens is 1. The van der Waals surface area contributed by atoms with Crippen LogP contribution in [0.3, 0.4) is 0 Å². The third-order valence-corrected chi connectivity index (χ3v) is 5.17. The standard InChI is InChI=1S/C18H19FN4OS/c1-20-14-4-2-3-13(9-14)17-16-15(12-5-7-24-8-6-12)10-23(25-19)18(16)22-11-21-17/h2-4,9-12,20H,5-8H2,1H3. The summed E-state index contributed by atoms with van der Waals surface area (Å²) in [6, 6.07) is 8.07. The Morgan fingerprint density at radius 3 is 2.88 bits per heavy atom. The highest BCUT2D eigenvalue weighted by Crippen LogP contribution is 2.39. The van der Waals surface area contributed by atoms with E-state index in [1.807, 2.05) is 31.4 Å². The Balaban J connectivity index is 1.93. The molecule has 3 aromatic rings. The van der Waals surface area contributed by atoms with E-state index in [4.69, 9.17) is 4.74 Å². The van der Waals surface area contributed by atoms with Crippen molar-refractivity contribution in [2.45, 2.75) is 18.8 Å². The van der Waals surface area contributed by atoms with Gasteiger partial charge in [0.2, 0.25) is 0 Å². The van der Waals surface area contributed by atoms with Crippen LogP contribution < -0.4 is 5.32 Å². The molecule has 1 aliphatic rings. The molecule has 3 heterocycles. The molecule has 5 nitrogen and oxygen atoms in total. The number of anilines is 1. The van der Waals surface area contributed by atoms with Gasteiger partial charge in [-0.3, -0.25) is 0 Å². The lowest BCUT2D eigenvalue weighted by molar-refractivity contribution is 0.0856. The average molecular weight is 358 g/mol. The van der Waals surface area contributed by atoms with Gasteiger partial charge in [0.25, 0.3) is 0 Å². The SMILES string of the molecule is CNc1cccc(-c2ncnc3c2c(C2CCOCC2)cn3SF)c1. The summed E-state index contributed by atoms with van der Waals surface area (Å²) in [5.41, 5.74) is 4.57. The van der Waals surface area contributed by atoms with Gasteiger partial charge in [0, 0.05) is 43.1 Å². The summed E-state index contributed by atoms with van der Waals surface area (Å²) in [6.07, 6.45) is 5.23. The third-order valence-electron chi connectivity index (χ3n) is 4.74. The zero-order chi connectivity index (χ0) is 17.2. The predicted octanol–water partition coefficient (Wildman–Crippen LogP) is 4.41. The number of aromatic nitrogens is 3. The molecule has 0 aliphatic carbocycles. The van der Waals surface area contributed by atoms with Crippen LogP contribution in [0.2, 0.25) is 0 Å². The first-order valence-corrected chi connectivity index (χ1v) is 9.00. The van der Waals surface area contributed by atoms with Gasteiger partial charge >= 0.3 is 0 Å². The molecular formula is C18H19FN4OS. The Kier molecular flexibility index (Phi) is 4.59. The Labute approximate surface area is 150 Å². The maximum atomic E-state index is 13.5. The lowest BCUT2D eigenvalue weighted by Crippen LogP contribution is -2.14. The molecule has 0 amide bonds. The minimum absolute atomic E-state index is 0.177. The fourth-order valence-electron chi connectivity index (χ4n) is 3.47. The highest BCUT2D eigenvalue weighted by atomic mass is 32.2. The maximum Gasteiger partial charge on any atom is 0.171 e. The maximum absolute atomic E-state index is 13.5. The van der Waals surface area contributed by atoms with Gasteiger partial charge in [-0.15, -0.1) is 3.89 Å². The minimum Gasteiger partial charge on any atom is -0.388 e. The molecule has 130 valence electrons. The van der Waals surface area contributed by atoms with Crippen LogP contribution >= 0.6 is 12.3 Å². The summed E-state index contributed by atoms with van der Waals surface area (Å²) in [5, 5.41) is 4.09. The molecule has 1 aromatic carbocycles. The van der Waals surface area contributed by atoms with E-state index < -0.39 is 0 Å². The summed E-state index contributed by atoms with van der Waals surface area (Å²) in [4.78, 5) is 8.88. The van der Waals surface area contributed by atoms with Crippen LogP contribution in [0, 0.1) is 0 Å². The predicted molar refractivity (Wildman–Crippen MR) is 99.4 cm³/mol. The van der Waals surface area contributed by atoms with Gasteiger partial charge in [-0.1, -0.05) is 12.1 Å². The van der Waals surface area contributed by atoms with Crippen molar-refractivity contribution in [2.24, 2.45) is 0 Å². The molecule has 0 saturated carbocycles. The number of nitrogens with zero attached hydrogens (tertiary/aromatic N) is 3. The van der Waals surface area contributed by atoms with Gasteiger partial charge in [-0.05, 0) is 36.5 Å². The van der Waals surface area contributed by atoms with Gasteiger partial charge in [0.15, 0.2) is 18.0 Å². The summed E-state index contributed by atoms with van der Waals surface area (Å²) < 4.78 is 20.5. The van der Waals surface area contributed by atoms with Crippen LogP contribution in [0.1, 0.15) is 24.3 Å². The van der Waals surface area contributed by atoms with E-state index in [0.717, 1.165) is 53.9 Å². The summed E-state index contributed by atoms with van der Waals surface area (Å²) in [7, 11) is 1.89. The second kappa shape index (κ2) is 7.01. The van der Waals surface area contributed by atoms with Gasteiger partial charge < -0.3 is 10.1 Å². The number of rotatable bonds is 4. The minimum atomic E-state index is 0.177. The quantitative estimate of drug-likeness (QED) is 0.748. The molecule has 2 aromatic heterocycles. The first-order chi connectivity index (χ1) is 12.3. The van der Waals surface area contributed by atoms with Crippen LogP contribution in [0.5, 0.6) is 0 Å². The smallest absolute Gasteiger partial charge is 0.171 e. The highest BCUT2D eigenvalue weighted by Gasteiger charge is 2.24. The number of benzene rings is 1. The van der Waals surface area contributed by atoms with Crippen molar-refractivity contribution in [1.82, 2.24) is 13.9 Å². The van der Waals surface area contributed by atoms with Crippen molar-refractivity contribution in [3.63, 3.8) is 0 Å². The van der Waals surface area contributed by atoms with Gasteiger partial charge in [0.05, 0.1) is 5.69 Å². The molecule has 1 fully saturated rings. The van der Waals surface area contributed by atoms with Crippen molar-refractivity contribution in [3.05, 3.63) is 42.4 Å². The normalized spacial score (nSPS) is 15.6. The average Bonchev–Trinajstić information content (AvgIpc) is 3.07. The molecule has 0 radical (unpaired) electrons. The highest BCUT2D eigenvalue weighted by molar-refractivity contribution is 7.92. The van der Waals surface area contributed by atoms with Crippen LogP contribution in [-0.4, -0.2) is 34.2 Å². The number of nitrogens with one attached hydrogen (secondary N) is 1. The Morgan fingerprint density at radius 2 is 2.12 bits per heavy atom. The zero-order valence-electron chi connectivity index (χ0n) is 13.9. The summed E-state index contributed by atoms with van der Waals surface area (Å²) >= 11 is 0.177. The Morgan fingerprint density at radius 1 is 1.28 bits per heavy atom. The molecule has 7 heteroatoms. The topological polar surface area (TPSA) is 52.0 Å². The van der Waals surface area contributed by atoms with Crippen molar-refractivity contribution in [3.8, 4) is 11.3 Å². The van der Waals surface area contributed by atoms with E-state index >= 15 is 0 Å². The van der Waals surface area contributed by atoms with Crippen molar-refractivity contribution >= 4 is 29.1 Å². The van der Waals surface area contributed by atoms with E-state index in [1.54, 1.807) is 0 Å². The van der Waals surface area contributed by atoms with Gasteiger partial charge in [0.1, 0.15) is 6.33 Å². The van der Waals surface area contributed by atoms with Crippen LogP contribution in [0.15, 0.2) is 36.8 Å². The first-order valence-electron chi connectivity index (χ1n) is 8.32. The Bertz CT molecular complexity index is 892. The zero-order valence-corrected chi connectivity index (χ0v) is 14.7. The molecular weight excluding hydrogens is 339 g/mol. The van der Waals surface area contributed by atoms with Gasteiger partial charge in [-0.2, -0.15) is 0 Å². The monoisotopic (exact) mass is 358 g/mol. The second-order valence-corrected chi connectivity index (χ2v) is 6.65. The van der Waals surface area contributed by atoms with E-state index in [9.17, 15) is 3.89 Å². The second-order valence-electron chi connectivity index (χ2n) is 6.12. The third kappa shape index (κ3) is 2.98. The van der Waals surface area contributed by atoms with Crippen molar-refractivity contribution < 1.29 is 8.62 Å². The number of fused-ring (bicyclic) bond motifs is 1. The fraction of sp³-hybridized carbons (Fsp3) is 0.333. The molecule has 1 N–H and O–H groups in total. The van der Waals surface area contributed by atoms with Crippen LogP contribution in [-0.2, 0) is 4.74 Å². The van der Waals surface area contributed by atoms with Crippen LogP contribution in [0.4, 0.5) is 9.57 Å². The van der Waals surface area contributed by atoms with Crippen molar-refractivity contribution in [2.75, 3.05) is 25.6 Å². The molecule has 0 atom stereocenters. The molecule has 0 unspecified atom stereocenters. The first kappa shape index (κ1) is 16.4. The van der Waals surface area contributed by atoms with Gasteiger partial charge in [-0.25, -0.2) is 13.9 Å². The van der Waals surface area contributed by atoms with Crippen molar-refractivity contribution in [1.29, 1.82) is 0 Å². The summed E-state index contributed by atoms with van der Waals surface area (Å²) in [6.45, 7) is 1.47. The van der Waals surface area contributed by atoms with E-state index in [2.05, 4.69) is 21.4 Å². The molecule has 1 saturated heterocycles. The van der Waals surface area contributed by atoms with E-state index in [0.29, 0.717) is 11.6 Å². The Hall–Kier alpha value is -2.12. The molecule has 0 spiro atoms. The molecule has 4 rings (SSSR count). The molecule has 25 heavy (non-hydrogen) atoms. The molecule has 0 bridgehead atoms. The summed E-state index contributed by atoms with van der Waals surface area (Å²) in [5.74, 6) is 0.335. The lowest BCUT2D eigenvalue weighted by atomic mass is 9.90. The fourth-order valence-corrected chi connectivity index (χ4v) is 3.83.